The van der Waals surface area contributed by atoms with E-state index in [1.165, 1.54) is 19.2 Å². The number of methoxy groups -OCH3 is 1. The van der Waals surface area contributed by atoms with Gasteiger partial charge in [-0.3, -0.25) is 4.79 Å². The minimum absolute atomic E-state index is 0.0234. The Morgan fingerprint density at radius 1 is 1.06 bits per heavy atom. The van der Waals surface area contributed by atoms with Crippen molar-refractivity contribution in [1.29, 1.82) is 0 Å². The molecule has 3 heterocycles. The molecule has 0 saturated carbocycles. The Balaban J connectivity index is 1.60. The average Bonchev–Trinajstić information content (AvgIpc) is 3.23. The molecule has 8 nitrogen and oxygen atoms in total. The Bertz CT molecular complexity index is 1260. The molecule has 1 aromatic heterocycles. The normalized spacial score (nSPS) is 21.7. The van der Waals surface area contributed by atoms with Gasteiger partial charge in [-0.2, -0.15) is 0 Å². The number of phenolic OH excluding ortho intramolecular Hbond substituents is 1. The molecule has 8 heteroatoms. The number of piperazine rings is 1. The molecular weight excluding hydrogens is 446 g/mol. The van der Waals surface area contributed by atoms with Gasteiger partial charge in [0.15, 0.2) is 5.43 Å². The number of fused-ring (bicyclic) bond motifs is 1. The SMILES string of the molecule is COc1cc(O)c2c(=O)cc(-c3ccc(N4CCN(C)CC4)cc3)oc2c1[C@H]1CCN(C)[C@@H]1CO. The molecule has 0 unspecified atom stereocenters. The highest BCUT2D eigenvalue weighted by molar-refractivity contribution is 5.90. The summed E-state index contributed by atoms with van der Waals surface area (Å²) in [5, 5.41) is 20.9. The van der Waals surface area contributed by atoms with Crippen LogP contribution in [-0.4, -0.2) is 86.6 Å². The van der Waals surface area contributed by atoms with Crippen molar-refractivity contribution in [2.24, 2.45) is 0 Å². The van der Waals surface area contributed by atoms with E-state index in [9.17, 15) is 15.0 Å². The molecular formula is C27H33N3O5. The fourth-order valence-electron chi connectivity index (χ4n) is 5.49. The zero-order valence-corrected chi connectivity index (χ0v) is 20.5. The van der Waals surface area contributed by atoms with E-state index in [1.807, 2.05) is 19.2 Å². The first kappa shape index (κ1) is 23.7. The van der Waals surface area contributed by atoms with Gasteiger partial charge in [0.05, 0.1) is 13.7 Å². The number of aliphatic hydroxyl groups is 1. The van der Waals surface area contributed by atoms with E-state index in [1.54, 1.807) is 0 Å². The van der Waals surface area contributed by atoms with Gasteiger partial charge >= 0.3 is 0 Å². The van der Waals surface area contributed by atoms with Gasteiger partial charge in [0.1, 0.15) is 28.2 Å². The smallest absolute Gasteiger partial charge is 0.197 e. The zero-order valence-electron chi connectivity index (χ0n) is 20.5. The van der Waals surface area contributed by atoms with E-state index in [0.717, 1.165) is 56.0 Å². The van der Waals surface area contributed by atoms with Gasteiger partial charge in [0.2, 0.25) is 0 Å². The maximum atomic E-state index is 13.2. The number of likely N-dealkylation sites (tertiary alicyclic amines) is 1. The third-order valence-corrected chi connectivity index (χ3v) is 7.60. The fraction of sp³-hybridized carbons (Fsp3) is 0.444. The maximum absolute atomic E-state index is 13.2. The number of ether oxygens (including phenoxy) is 1. The number of likely N-dealkylation sites (N-methyl/N-ethyl adjacent to an activating group) is 2. The average molecular weight is 480 g/mol. The molecule has 3 aromatic rings. The Morgan fingerprint density at radius 3 is 2.43 bits per heavy atom. The van der Waals surface area contributed by atoms with E-state index in [4.69, 9.17) is 9.15 Å². The predicted octanol–water partition coefficient (Wildman–Crippen LogP) is 2.71. The van der Waals surface area contributed by atoms with E-state index in [0.29, 0.717) is 17.1 Å². The van der Waals surface area contributed by atoms with Crippen molar-refractivity contribution in [3.05, 3.63) is 52.2 Å². The monoisotopic (exact) mass is 479 g/mol. The highest BCUT2D eigenvalue weighted by Gasteiger charge is 2.37. The third-order valence-electron chi connectivity index (χ3n) is 7.60. The van der Waals surface area contributed by atoms with Crippen LogP contribution in [0.4, 0.5) is 5.69 Å². The van der Waals surface area contributed by atoms with Crippen LogP contribution in [0.1, 0.15) is 17.9 Å². The van der Waals surface area contributed by atoms with Crippen LogP contribution in [0.15, 0.2) is 45.6 Å². The van der Waals surface area contributed by atoms with Gasteiger partial charge in [0, 0.05) is 67.1 Å². The quantitative estimate of drug-likeness (QED) is 0.578. The van der Waals surface area contributed by atoms with E-state index in [-0.39, 0.29) is 35.1 Å². The van der Waals surface area contributed by atoms with Gasteiger partial charge in [-0.05, 0) is 51.3 Å². The van der Waals surface area contributed by atoms with Gasteiger partial charge < -0.3 is 34.1 Å². The summed E-state index contributed by atoms with van der Waals surface area (Å²) < 4.78 is 12.0. The van der Waals surface area contributed by atoms with Gasteiger partial charge in [-0.1, -0.05) is 0 Å². The summed E-state index contributed by atoms with van der Waals surface area (Å²) in [7, 11) is 5.64. The Kier molecular flexibility index (Phi) is 6.44. The molecule has 186 valence electrons. The summed E-state index contributed by atoms with van der Waals surface area (Å²) in [6, 6.07) is 10.8. The Morgan fingerprint density at radius 2 is 1.77 bits per heavy atom. The molecule has 0 spiro atoms. The second-order valence-corrected chi connectivity index (χ2v) is 9.65. The third kappa shape index (κ3) is 4.26. The van der Waals surface area contributed by atoms with Crippen LogP contribution >= 0.6 is 0 Å². The molecule has 2 aliphatic heterocycles. The molecule has 2 aromatic carbocycles. The van der Waals surface area contributed by atoms with E-state index >= 15 is 0 Å². The number of nitrogens with zero attached hydrogens (tertiary/aromatic N) is 3. The Hall–Kier alpha value is -3.07. The maximum Gasteiger partial charge on any atom is 0.197 e. The lowest BCUT2D eigenvalue weighted by Crippen LogP contribution is -2.44. The minimum Gasteiger partial charge on any atom is -0.507 e. The lowest BCUT2D eigenvalue weighted by Gasteiger charge is -2.34. The number of rotatable bonds is 5. The van der Waals surface area contributed by atoms with Crippen LogP contribution in [0.3, 0.4) is 0 Å². The summed E-state index contributed by atoms with van der Waals surface area (Å²) in [4.78, 5) is 20.0. The van der Waals surface area contributed by atoms with Crippen molar-refractivity contribution in [3.63, 3.8) is 0 Å². The number of aromatic hydroxyl groups is 1. The van der Waals surface area contributed by atoms with Crippen molar-refractivity contribution >= 4 is 16.7 Å². The molecule has 2 saturated heterocycles. The largest absolute Gasteiger partial charge is 0.507 e. The number of hydrogen-bond donors (Lipinski definition) is 2. The lowest BCUT2D eigenvalue weighted by atomic mass is 9.89. The van der Waals surface area contributed by atoms with Crippen LogP contribution < -0.4 is 15.1 Å². The van der Waals surface area contributed by atoms with Crippen molar-refractivity contribution in [1.82, 2.24) is 9.80 Å². The molecule has 35 heavy (non-hydrogen) atoms. The highest BCUT2D eigenvalue weighted by Crippen LogP contribution is 2.44. The predicted molar refractivity (Wildman–Crippen MR) is 137 cm³/mol. The number of benzene rings is 2. The number of aliphatic hydroxyl groups excluding tert-OH is 1. The first-order chi connectivity index (χ1) is 16.9. The van der Waals surface area contributed by atoms with Crippen LogP contribution in [0.5, 0.6) is 11.5 Å². The number of anilines is 1. The molecule has 2 N–H and O–H groups in total. The summed E-state index contributed by atoms with van der Waals surface area (Å²) in [6.45, 7) is 4.79. The lowest BCUT2D eigenvalue weighted by molar-refractivity contribution is 0.171. The van der Waals surface area contributed by atoms with E-state index in [2.05, 4.69) is 33.9 Å². The molecule has 0 bridgehead atoms. The first-order valence-electron chi connectivity index (χ1n) is 12.1. The summed E-state index contributed by atoms with van der Waals surface area (Å²) in [5.74, 6) is 0.631. The topological polar surface area (TPSA) is 89.6 Å². The van der Waals surface area contributed by atoms with Crippen LogP contribution in [0.25, 0.3) is 22.3 Å². The summed E-state index contributed by atoms with van der Waals surface area (Å²) in [6.07, 6.45) is 0.783. The van der Waals surface area contributed by atoms with E-state index < -0.39 is 0 Å². The highest BCUT2D eigenvalue weighted by atomic mass is 16.5. The molecule has 0 amide bonds. The van der Waals surface area contributed by atoms with Crippen LogP contribution in [0.2, 0.25) is 0 Å². The van der Waals surface area contributed by atoms with Gasteiger partial charge in [-0.25, -0.2) is 0 Å². The summed E-state index contributed by atoms with van der Waals surface area (Å²) >= 11 is 0. The van der Waals surface area contributed by atoms with Crippen LogP contribution in [-0.2, 0) is 0 Å². The molecule has 2 fully saturated rings. The van der Waals surface area contributed by atoms with Gasteiger partial charge in [-0.15, -0.1) is 0 Å². The summed E-state index contributed by atoms with van der Waals surface area (Å²) in [5.41, 5.74) is 2.67. The zero-order chi connectivity index (χ0) is 24.7. The molecule has 0 aliphatic carbocycles. The first-order valence-corrected chi connectivity index (χ1v) is 12.1. The minimum atomic E-state index is -0.308. The van der Waals surface area contributed by atoms with Crippen molar-refractivity contribution in [3.8, 4) is 22.8 Å². The second-order valence-electron chi connectivity index (χ2n) is 9.65. The fourth-order valence-corrected chi connectivity index (χ4v) is 5.49. The van der Waals surface area contributed by atoms with Crippen molar-refractivity contribution < 1.29 is 19.4 Å². The standard InChI is InChI=1S/C27H33N3O5/c1-28-10-12-30(13-11-28)18-6-4-17(5-7-18)23-14-21(32)26-22(33)15-24(34-3)25(27(26)35-23)19-8-9-29(2)20(19)16-31/h4-7,14-15,19-20,31,33H,8-13,16H2,1-3H3/t19-,20+/m0/s1. The molecule has 5 rings (SSSR count). The second kappa shape index (κ2) is 9.53. The molecule has 0 radical (unpaired) electrons. The van der Waals surface area contributed by atoms with Crippen molar-refractivity contribution in [2.75, 3.05) is 65.4 Å². The molecule has 2 atom stereocenters. The Labute approximate surface area is 204 Å². The van der Waals surface area contributed by atoms with Gasteiger partial charge in [0.25, 0.3) is 0 Å². The van der Waals surface area contributed by atoms with Crippen molar-refractivity contribution in [2.45, 2.75) is 18.4 Å². The molecule has 2 aliphatic rings. The number of phenols is 1. The number of hydrogen-bond acceptors (Lipinski definition) is 8. The van der Waals surface area contributed by atoms with Crippen LogP contribution in [0, 0.1) is 0 Å².